The van der Waals surface area contributed by atoms with Gasteiger partial charge in [0.05, 0.1) is 6.42 Å². The molecule has 0 aromatic heterocycles. The fraction of sp³-hybridized carbons (Fsp3) is 0.364. The summed E-state index contributed by atoms with van der Waals surface area (Å²) >= 11 is 0. The Morgan fingerprint density at radius 2 is 1.81 bits per heavy atom. The number of Topliss-reactive ketones (excluding diaryl/α,β-unsaturated/α-hetero) is 1. The Kier molecular flexibility index (Phi) is 4.34. The molecule has 0 aliphatic heterocycles. The molecule has 0 bridgehead atoms. The molecule has 0 aliphatic carbocycles. The molecule has 0 unspecified atom stereocenters. The predicted molar refractivity (Wildman–Crippen MR) is 52.2 cm³/mol. The van der Waals surface area contributed by atoms with E-state index >= 15 is 0 Å². The van der Waals surface area contributed by atoms with Crippen LogP contribution in [-0.2, 0) is 4.79 Å². The van der Waals surface area contributed by atoms with E-state index in [4.69, 9.17) is 4.74 Å². The van der Waals surface area contributed by atoms with E-state index in [1.807, 2.05) is 0 Å². The van der Waals surface area contributed by atoms with Gasteiger partial charge in [0.1, 0.15) is 12.4 Å². The maximum absolute atomic E-state index is 11.8. The van der Waals surface area contributed by atoms with Crippen molar-refractivity contribution < 1.29 is 22.7 Å². The number of hydrogen-bond donors (Lipinski definition) is 0. The summed E-state index contributed by atoms with van der Waals surface area (Å²) in [6.07, 6.45) is -5.91. The van der Waals surface area contributed by atoms with Crippen LogP contribution in [0.5, 0.6) is 5.75 Å². The third kappa shape index (κ3) is 5.38. The normalized spacial score (nSPS) is 11.2. The predicted octanol–water partition coefficient (Wildman–Crippen LogP) is 2.98. The fourth-order valence-electron chi connectivity index (χ4n) is 1.03. The highest BCUT2D eigenvalue weighted by molar-refractivity contribution is 5.79. The highest BCUT2D eigenvalue weighted by Crippen LogP contribution is 2.21. The number of hydrogen-bond acceptors (Lipinski definition) is 2. The van der Waals surface area contributed by atoms with E-state index in [9.17, 15) is 18.0 Å². The minimum absolute atomic E-state index is 0.319. The molecule has 0 saturated heterocycles. The minimum Gasteiger partial charge on any atom is -0.486 e. The number of ether oxygens (including phenoxy) is 1. The van der Waals surface area contributed by atoms with Gasteiger partial charge in [0.2, 0.25) is 0 Å². The Morgan fingerprint density at radius 3 is 2.38 bits per heavy atom. The first kappa shape index (κ1) is 12.5. The third-order valence-corrected chi connectivity index (χ3v) is 1.83. The molecule has 0 atom stereocenters. The standard InChI is InChI=1S/C11H11F3O2/c12-11(13,14)7-6-9(15)8-16-10-4-2-1-3-5-10/h1-5H,6-8H2. The largest absolute Gasteiger partial charge is 0.486 e. The van der Waals surface area contributed by atoms with Crippen LogP contribution in [0.4, 0.5) is 13.2 Å². The van der Waals surface area contributed by atoms with Crippen LogP contribution in [-0.4, -0.2) is 18.6 Å². The number of halogens is 3. The third-order valence-electron chi connectivity index (χ3n) is 1.83. The van der Waals surface area contributed by atoms with Gasteiger partial charge in [0.25, 0.3) is 0 Å². The van der Waals surface area contributed by atoms with E-state index in [0.29, 0.717) is 5.75 Å². The summed E-state index contributed by atoms with van der Waals surface area (Å²) in [5, 5.41) is 0. The molecule has 0 heterocycles. The van der Waals surface area contributed by atoms with Crippen molar-refractivity contribution in [3.05, 3.63) is 30.3 Å². The van der Waals surface area contributed by atoms with Gasteiger partial charge in [-0.1, -0.05) is 18.2 Å². The number of ketones is 1. The number of rotatable bonds is 5. The Bertz CT molecular complexity index is 333. The molecule has 0 radical (unpaired) electrons. The molecule has 0 N–H and O–H groups in total. The molecule has 1 aromatic carbocycles. The molecule has 0 amide bonds. The SMILES string of the molecule is O=C(CCC(F)(F)F)COc1ccccc1. The lowest BCUT2D eigenvalue weighted by Gasteiger charge is -2.06. The van der Waals surface area contributed by atoms with Crippen molar-refractivity contribution in [2.24, 2.45) is 0 Å². The number of alkyl halides is 3. The zero-order valence-electron chi connectivity index (χ0n) is 8.46. The lowest BCUT2D eigenvalue weighted by Crippen LogP contribution is -2.15. The van der Waals surface area contributed by atoms with Crippen molar-refractivity contribution in [3.8, 4) is 5.75 Å². The Morgan fingerprint density at radius 1 is 1.19 bits per heavy atom. The zero-order valence-corrected chi connectivity index (χ0v) is 8.46. The van der Waals surface area contributed by atoms with Crippen LogP contribution in [0.15, 0.2) is 30.3 Å². The molecular weight excluding hydrogens is 221 g/mol. The van der Waals surface area contributed by atoms with Gasteiger partial charge in [-0.05, 0) is 12.1 Å². The Hall–Kier alpha value is -1.52. The monoisotopic (exact) mass is 232 g/mol. The van der Waals surface area contributed by atoms with E-state index in [2.05, 4.69) is 0 Å². The number of para-hydroxylation sites is 1. The summed E-state index contributed by atoms with van der Waals surface area (Å²) in [5.74, 6) is -0.0796. The maximum Gasteiger partial charge on any atom is 0.389 e. The van der Waals surface area contributed by atoms with Crippen LogP contribution in [0, 0.1) is 0 Å². The molecule has 0 fully saturated rings. The summed E-state index contributed by atoms with van der Waals surface area (Å²) in [4.78, 5) is 11.0. The second-order valence-electron chi connectivity index (χ2n) is 3.26. The van der Waals surface area contributed by atoms with Gasteiger partial charge in [-0.25, -0.2) is 0 Å². The first-order chi connectivity index (χ1) is 7.47. The topological polar surface area (TPSA) is 26.3 Å². The summed E-state index contributed by atoms with van der Waals surface area (Å²) in [7, 11) is 0. The maximum atomic E-state index is 11.8. The minimum atomic E-state index is -4.29. The second kappa shape index (κ2) is 5.53. The molecule has 0 saturated carbocycles. The van der Waals surface area contributed by atoms with E-state index in [1.165, 1.54) is 0 Å². The molecule has 0 spiro atoms. The molecule has 1 aromatic rings. The first-order valence-electron chi connectivity index (χ1n) is 4.74. The Labute approximate surface area is 91.0 Å². The Balaban J connectivity index is 2.26. The van der Waals surface area contributed by atoms with Gasteiger partial charge < -0.3 is 4.74 Å². The van der Waals surface area contributed by atoms with Crippen LogP contribution in [0.3, 0.4) is 0 Å². The van der Waals surface area contributed by atoms with Gasteiger partial charge in [-0.2, -0.15) is 13.2 Å². The molecule has 16 heavy (non-hydrogen) atoms. The molecule has 0 aliphatic rings. The average molecular weight is 232 g/mol. The summed E-state index contributed by atoms with van der Waals surface area (Å²) in [5.41, 5.74) is 0. The smallest absolute Gasteiger partial charge is 0.389 e. The summed E-state index contributed by atoms with van der Waals surface area (Å²) in [6.45, 7) is -0.319. The number of carbonyl (C=O) groups excluding carboxylic acids is 1. The number of benzene rings is 1. The van der Waals surface area contributed by atoms with Crippen LogP contribution in [0.25, 0.3) is 0 Å². The zero-order chi connectivity index (χ0) is 12.0. The van der Waals surface area contributed by atoms with Crippen molar-refractivity contribution >= 4 is 5.78 Å². The van der Waals surface area contributed by atoms with Crippen LogP contribution >= 0.6 is 0 Å². The molecule has 2 nitrogen and oxygen atoms in total. The van der Waals surface area contributed by atoms with E-state index in [-0.39, 0.29) is 6.61 Å². The number of carbonyl (C=O) groups is 1. The van der Waals surface area contributed by atoms with Crippen LogP contribution < -0.4 is 4.74 Å². The van der Waals surface area contributed by atoms with Crippen LogP contribution in [0.1, 0.15) is 12.8 Å². The molecule has 1 rings (SSSR count). The highest BCUT2D eigenvalue weighted by Gasteiger charge is 2.27. The quantitative estimate of drug-likeness (QED) is 0.780. The first-order valence-corrected chi connectivity index (χ1v) is 4.74. The van der Waals surface area contributed by atoms with E-state index in [1.54, 1.807) is 30.3 Å². The molecular formula is C11H11F3O2. The summed E-state index contributed by atoms with van der Waals surface area (Å²) in [6, 6.07) is 8.48. The van der Waals surface area contributed by atoms with Gasteiger partial charge >= 0.3 is 6.18 Å². The van der Waals surface area contributed by atoms with Gasteiger partial charge in [0, 0.05) is 6.42 Å². The van der Waals surface area contributed by atoms with Crippen molar-refractivity contribution in [2.75, 3.05) is 6.61 Å². The average Bonchev–Trinajstić information content (AvgIpc) is 2.24. The second-order valence-corrected chi connectivity index (χ2v) is 3.26. The van der Waals surface area contributed by atoms with Gasteiger partial charge in [-0.3, -0.25) is 4.79 Å². The van der Waals surface area contributed by atoms with Gasteiger partial charge in [-0.15, -0.1) is 0 Å². The fourth-order valence-corrected chi connectivity index (χ4v) is 1.03. The van der Waals surface area contributed by atoms with Crippen molar-refractivity contribution in [1.82, 2.24) is 0 Å². The van der Waals surface area contributed by atoms with Crippen molar-refractivity contribution in [1.29, 1.82) is 0 Å². The van der Waals surface area contributed by atoms with Crippen molar-refractivity contribution in [2.45, 2.75) is 19.0 Å². The highest BCUT2D eigenvalue weighted by atomic mass is 19.4. The van der Waals surface area contributed by atoms with Crippen LogP contribution in [0.2, 0.25) is 0 Å². The lowest BCUT2D eigenvalue weighted by atomic mass is 10.2. The molecule has 88 valence electrons. The van der Waals surface area contributed by atoms with E-state index in [0.717, 1.165) is 0 Å². The van der Waals surface area contributed by atoms with Gasteiger partial charge in [0.15, 0.2) is 5.78 Å². The van der Waals surface area contributed by atoms with E-state index < -0.39 is 24.8 Å². The lowest BCUT2D eigenvalue weighted by molar-refractivity contribution is -0.143. The molecule has 5 heteroatoms. The summed E-state index contributed by atoms with van der Waals surface area (Å²) < 4.78 is 40.4. The van der Waals surface area contributed by atoms with Crippen molar-refractivity contribution in [3.63, 3.8) is 0 Å².